The van der Waals surface area contributed by atoms with Crippen LogP contribution in [0, 0.1) is 11.8 Å². The van der Waals surface area contributed by atoms with Crippen LogP contribution in [0.5, 0.6) is 0 Å². The number of rotatable bonds is 2. The molecule has 1 heteroatoms. The molecule has 0 spiro atoms. The van der Waals surface area contributed by atoms with Crippen molar-refractivity contribution in [2.75, 3.05) is 0 Å². The summed E-state index contributed by atoms with van der Waals surface area (Å²) in [5.74, 6) is 2.26. The maximum Gasteiger partial charge on any atom is 0.0101 e. The van der Waals surface area contributed by atoms with E-state index in [1.54, 1.807) is 6.42 Å². The normalized spacial score (nSPS) is 51.0. The quantitative estimate of drug-likeness (QED) is 0.608. The molecular formula is C9H15N. The third-order valence-electron chi connectivity index (χ3n) is 3.37. The standard InChI is InChI=1S/C9H15N/c1-4-9(8-5-6(1)8)10-7-2-3-7/h6-10H,1-5H2. The zero-order valence-electron chi connectivity index (χ0n) is 6.34. The zero-order chi connectivity index (χ0) is 6.55. The van der Waals surface area contributed by atoms with Crippen molar-refractivity contribution in [2.45, 2.75) is 44.2 Å². The predicted molar refractivity (Wildman–Crippen MR) is 40.8 cm³/mol. The van der Waals surface area contributed by atoms with Crippen molar-refractivity contribution in [3.63, 3.8) is 0 Å². The lowest BCUT2D eigenvalue weighted by atomic mass is 10.2. The van der Waals surface area contributed by atoms with E-state index < -0.39 is 0 Å². The van der Waals surface area contributed by atoms with Crippen molar-refractivity contribution in [3.8, 4) is 0 Å². The highest BCUT2D eigenvalue weighted by Gasteiger charge is 2.48. The van der Waals surface area contributed by atoms with Gasteiger partial charge in [-0.25, -0.2) is 0 Å². The van der Waals surface area contributed by atoms with Crippen LogP contribution in [-0.4, -0.2) is 12.1 Å². The molecule has 3 saturated carbocycles. The molecule has 0 amide bonds. The van der Waals surface area contributed by atoms with Crippen LogP contribution in [0.1, 0.15) is 32.1 Å². The van der Waals surface area contributed by atoms with E-state index in [0.717, 1.165) is 23.9 Å². The summed E-state index contributed by atoms with van der Waals surface area (Å²) in [7, 11) is 0. The molecule has 0 aliphatic heterocycles. The van der Waals surface area contributed by atoms with E-state index in [1.807, 2.05) is 0 Å². The van der Waals surface area contributed by atoms with Crippen molar-refractivity contribution in [2.24, 2.45) is 11.8 Å². The fraction of sp³-hybridized carbons (Fsp3) is 1.00. The number of hydrogen-bond acceptors (Lipinski definition) is 1. The molecule has 0 bridgehead atoms. The minimum absolute atomic E-state index is 0.935. The average molecular weight is 137 g/mol. The Balaban J connectivity index is 1.60. The maximum atomic E-state index is 3.74. The van der Waals surface area contributed by atoms with Crippen LogP contribution in [0.15, 0.2) is 0 Å². The second-order valence-corrected chi connectivity index (χ2v) is 4.28. The topological polar surface area (TPSA) is 12.0 Å². The van der Waals surface area contributed by atoms with Crippen LogP contribution in [0.4, 0.5) is 0 Å². The molecule has 56 valence electrons. The van der Waals surface area contributed by atoms with Gasteiger partial charge in [0.05, 0.1) is 0 Å². The maximum absolute atomic E-state index is 3.74. The number of hydrogen-bond donors (Lipinski definition) is 1. The smallest absolute Gasteiger partial charge is 0.0101 e. The molecule has 10 heavy (non-hydrogen) atoms. The first-order chi connectivity index (χ1) is 4.93. The largest absolute Gasteiger partial charge is 0.311 e. The van der Waals surface area contributed by atoms with E-state index in [1.165, 1.54) is 25.7 Å². The molecule has 1 N–H and O–H groups in total. The molecule has 0 aromatic heterocycles. The lowest BCUT2D eigenvalue weighted by molar-refractivity contribution is 0.472. The van der Waals surface area contributed by atoms with E-state index in [2.05, 4.69) is 5.32 Å². The van der Waals surface area contributed by atoms with E-state index in [0.29, 0.717) is 0 Å². The van der Waals surface area contributed by atoms with Gasteiger partial charge in [0, 0.05) is 12.1 Å². The van der Waals surface area contributed by atoms with Gasteiger partial charge in [0.25, 0.3) is 0 Å². The number of fused-ring (bicyclic) bond motifs is 1. The Hall–Kier alpha value is -0.0400. The lowest BCUT2D eigenvalue weighted by Crippen LogP contribution is -2.30. The van der Waals surface area contributed by atoms with Gasteiger partial charge < -0.3 is 5.32 Å². The molecule has 0 aromatic carbocycles. The summed E-state index contributed by atoms with van der Waals surface area (Å²) in [5.41, 5.74) is 0. The van der Waals surface area contributed by atoms with Gasteiger partial charge in [0.1, 0.15) is 0 Å². The van der Waals surface area contributed by atoms with E-state index in [9.17, 15) is 0 Å². The minimum atomic E-state index is 0.935. The van der Waals surface area contributed by atoms with Crippen molar-refractivity contribution in [1.29, 1.82) is 0 Å². The highest BCUT2D eigenvalue weighted by Crippen LogP contribution is 2.52. The fourth-order valence-electron chi connectivity index (χ4n) is 2.46. The Bertz CT molecular complexity index is 151. The van der Waals surface area contributed by atoms with Gasteiger partial charge in [-0.05, 0) is 43.9 Å². The SMILES string of the molecule is C1CC1NC1CCC2CC21. The van der Waals surface area contributed by atoms with Crippen LogP contribution in [0.25, 0.3) is 0 Å². The summed E-state index contributed by atoms with van der Waals surface area (Å²) < 4.78 is 0. The molecule has 3 unspecified atom stereocenters. The molecule has 1 nitrogen and oxygen atoms in total. The van der Waals surface area contributed by atoms with E-state index in [-0.39, 0.29) is 0 Å². The van der Waals surface area contributed by atoms with Crippen molar-refractivity contribution < 1.29 is 0 Å². The molecule has 3 aliphatic rings. The van der Waals surface area contributed by atoms with Crippen LogP contribution in [-0.2, 0) is 0 Å². The summed E-state index contributed by atoms with van der Waals surface area (Å²) in [5, 5.41) is 3.74. The average Bonchev–Trinajstić information content (AvgIpc) is 2.74. The Morgan fingerprint density at radius 1 is 1.00 bits per heavy atom. The molecule has 0 saturated heterocycles. The van der Waals surface area contributed by atoms with Gasteiger partial charge in [-0.15, -0.1) is 0 Å². The van der Waals surface area contributed by atoms with Crippen LogP contribution >= 0.6 is 0 Å². The molecule has 0 radical (unpaired) electrons. The third kappa shape index (κ3) is 0.800. The summed E-state index contributed by atoms with van der Waals surface area (Å²) in [6.07, 6.45) is 7.45. The second kappa shape index (κ2) is 1.76. The highest BCUT2D eigenvalue weighted by atomic mass is 15.0. The van der Waals surface area contributed by atoms with Gasteiger partial charge in [0.15, 0.2) is 0 Å². The Kier molecular flexibility index (Phi) is 0.984. The molecule has 3 aliphatic carbocycles. The fourth-order valence-corrected chi connectivity index (χ4v) is 2.46. The highest BCUT2D eigenvalue weighted by molar-refractivity contribution is 5.03. The first kappa shape index (κ1) is 5.59. The first-order valence-corrected chi connectivity index (χ1v) is 4.69. The van der Waals surface area contributed by atoms with Crippen LogP contribution in [0.3, 0.4) is 0 Å². The van der Waals surface area contributed by atoms with Crippen molar-refractivity contribution >= 4 is 0 Å². The summed E-state index contributed by atoms with van der Waals surface area (Å²) >= 11 is 0. The second-order valence-electron chi connectivity index (χ2n) is 4.28. The molecule has 0 aromatic rings. The Morgan fingerprint density at radius 3 is 2.40 bits per heavy atom. The molecule has 3 atom stereocenters. The van der Waals surface area contributed by atoms with Gasteiger partial charge in [-0.2, -0.15) is 0 Å². The summed E-state index contributed by atoms with van der Waals surface area (Å²) in [4.78, 5) is 0. The predicted octanol–water partition coefficient (Wildman–Crippen LogP) is 1.54. The van der Waals surface area contributed by atoms with E-state index >= 15 is 0 Å². The van der Waals surface area contributed by atoms with E-state index in [4.69, 9.17) is 0 Å². The molecular weight excluding hydrogens is 122 g/mol. The van der Waals surface area contributed by atoms with Gasteiger partial charge in [0.2, 0.25) is 0 Å². The van der Waals surface area contributed by atoms with Crippen LogP contribution in [0.2, 0.25) is 0 Å². The van der Waals surface area contributed by atoms with Gasteiger partial charge in [-0.1, -0.05) is 0 Å². The Labute approximate surface area is 62.2 Å². The van der Waals surface area contributed by atoms with Gasteiger partial charge in [-0.3, -0.25) is 0 Å². The van der Waals surface area contributed by atoms with Gasteiger partial charge >= 0.3 is 0 Å². The minimum Gasteiger partial charge on any atom is -0.311 e. The summed E-state index contributed by atoms with van der Waals surface area (Å²) in [6, 6.07) is 1.88. The molecule has 0 heterocycles. The van der Waals surface area contributed by atoms with Crippen molar-refractivity contribution in [3.05, 3.63) is 0 Å². The molecule has 3 fully saturated rings. The third-order valence-corrected chi connectivity index (χ3v) is 3.37. The van der Waals surface area contributed by atoms with Crippen LogP contribution < -0.4 is 5.32 Å². The Morgan fingerprint density at radius 2 is 1.90 bits per heavy atom. The monoisotopic (exact) mass is 137 g/mol. The lowest BCUT2D eigenvalue weighted by Gasteiger charge is -2.12. The summed E-state index contributed by atoms with van der Waals surface area (Å²) in [6.45, 7) is 0. The molecule has 3 rings (SSSR count). The first-order valence-electron chi connectivity index (χ1n) is 4.69. The van der Waals surface area contributed by atoms with Crippen molar-refractivity contribution in [1.82, 2.24) is 5.32 Å². The zero-order valence-corrected chi connectivity index (χ0v) is 6.34. The number of nitrogens with one attached hydrogen (secondary N) is 1.